The Morgan fingerprint density at radius 3 is 2.49 bits per heavy atom. The Kier molecular flexibility index (Phi) is 5.58. The van der Waals surface area contributed by atoms with Crippen molar-refractivity contribution in [1.82, 2.24) is 25.3 Å². The van der Waals surface area contributed by atoms with Crippen LogP contribution in [0.25, 0.3) is 0 Å². The Morgan fingerprint density at radius 1 is 1.06 bits per heavy atom. The first-order valence-electron chi connectivity index (χ1n) is 11.5. The zero-order valence-electron chi connectivity index (χ0n) is 20.0. The van der Waals surface area contributed by atoms with Crippen LogP contribution in [0.1, 0.15) is 38.1 Å². The summed E-state index contributed by atoms with van der Waals surface area (Å²) in [4.78, 5) is 19.4. The van der Waals surface area contributed by atoms with E-state index in [1.165, 1.54) is 19.2 Å². The maximum Gasteiger partial charge on any atom is 0.276 e. The molecule has 3 heterocycles. The van der Waals surface area contributed by atoms with E-state index in [-0.39, 0.29) is 30.0 Å². The molecule has 0 aromatic heterocycles. The Labute approximate surface area is 202 Å². The maximum absolute atomic E-state index is 14.2. The molecule has 0 unspecified atom stereocenters. The van der Waals surface area contributed by atoms with Gasteiger partial charge in [-0.1, -0.05) is 12.1 Å². The smallest absolute Gasteiger partial charge is 0.276 e. The summed E-state index contributed by atoms with van der Waals surface area (Å²) in [6.07, 6.45) is -0.912. The molecule has 0 spiro atoms. The Bertz CT molecular complexity index is 1220. The number of ether oxygens (including phenoxy) is 1. The highest BCUT2D eigenvalue weighted by atomic mass is 19.2. The summed E-state index contributed by atoms with van der Waals surface area (Å²) < 4.78 is 47.0. The summed E-state index contributed by atoms with van der Waals surface area (Å²) in [7, 11) is 1.39. The van der Waals surface area contributed by atoms with Crippen molar-refractivity contribution in [3.63, 3.8) is 0 Å². The molecule has 186 valence electrons. The lowest BCUT2D eigenvalue weighted by Gasteiger charge is -2.42. The van der Waals surface area contributed by atoms with Crippen molar-refractivity contribution in [3.8, 4) is 5.75 Å². The van der Waals surface area contributed by atoms with Gasteiger partial charge in [-0.2, -0.15) is 0 Å². The molecule has 5 rings (SSSR count). The molecule has 0 radical (unpaired) electrons. The lowest BCUT2D eigenvalue weighted by Crippen LogP contribution is -2.58. The molecule has 2 atom stereocenters. The van der Waals surface area contributed by atoms with Crippen LogP contribution < -0.4 is 15.4 Å². The summed E-state index contributed by atoms with van der Waals surface area (Å²) in [5.41, 5.74) is 1.34. The molecule has 35 heavy (non-hydrogen) atoms. The van der Waals surface area contributed by atoms with E-state index in [0.29, 0.717) is 35.7 Å². The van der Waals surface area contributed by atoms with Crippen LogP contribution in [0.2, 0.25) is 0 Å². The fourth-order valence-corrected chi connectivity index (χ4v) is 5.12. The standard InChI is InChI=1S/C25H28F3N5O2/c1-5-31-23(34)20-22(33-13-25(2,3)30-24(31)33)32(12-14-6-8-16(26)18(28)10-14)21(29-20)15-7-9-17(27)19(11-15)35-4/h6-11,21,24,29-30H,5,12-13H2,1-4H3/t21-,24+/m1/s1. The molecule has 3 aliphatic rings. The molecule has 1 amide bonds. The highest BCUT2D eigenvalue weighted by molar-refractivity contribution is 5.95. The van der Waals surface area contributed by atoms with E-state index in [9.17, 15) is 18.0 Å². The minimum absolute atomic E-state index is 0.0744. The molecule has 1 saturated heterocycles. The third kappa shape index (κ3) is 3.85. The van der Waals surface area contributed by atoms with Gasteiger partial charge in [-0.25, -0.2) is 13.2 Å². The van der Waals surface area contributed by atoms with E-state index < -0.39 is 23.6 Å². The number of benzene rings is 2. The minimum atomic E-state index is -0.942. The first kappa shape index (κ1) is 23.3. The molecule has 2 aromatic carbocycles. The molecule has 2 N–H and O–H groups in total. The van der Waals surface area contributed by atoms with E-state index in [1.54, 1.807) is 17.0 Å². The van der Waals surface area contributed by atoms with Crippen LogP contribution in [-0.4, -0.2) is 52.6 Å². The van der Waals surface area contributed by atoms with Crippen LogP contribution in [0, 0.1) is 17.5 Å². The van der Waals surface area contributed by atoms with Gasteiger partial charge in [0.05, 0.1) is 7.11 Å². The predicted octanol–water partition coefficient (Wildman–Crippen LogP) is 3.22. The molecule has 7 nitrogen and oxygen atoms in total. The number of halogens is 3. The summed E-state index contributed by atoms with van der Waals surface area (Å²) in [5, 5.41) is 6.85. The lowest BCUT2D eigenvalue weighted by molar-refractivity contribution is -0.135. The second-order valence-corrected chi connectivity index (χ2v) is 9.64. The first-order valence-corrected chi connectivity index (χ1v) is 11.5. The molecule has 0 saturated carbocycles. The molecule has 10 heteroatoms. The number of carbonyl (C=O) groups excluding carboxylic acids is 1. The number of nitrogens with zero attached hydrogens (tertiary/aromatic N) is 3. The minimum Gasteiger partial charge on any atom is -0.494 e. The summed E-state index contributed by atoms with van der Waals surface area (Å²) >= 11 is 0. The van der Waals surface area contributed by atoms with Crippen molar-refractivity contribution >= 4 is 5.91 Å². The van der Waals surface area contributed by atoms with Gasteiger partial charge in [-0.05, 0) is 56.2 Å². The van der Waals surface area contributed by atoms with E-state index in [2.05, 4.69) is 29.4 Å². The van der Waals surface area contributed by atoms with Gasteiger partial charge in [0.1, 0.15) is 17.7 Å². The number of fused-ring (bicyclic) bond motifs is 2. The SMILES string of the molecule is CCN1C(=O)C2=C(N3CC(C)(C)N[C@@H]13)N(Cc1ccc(F)c(F)c1)[C@H](c1ccc(F)c(OC)c1)N2. The summed E-state index contributed by atoms with van der Waals surface area (Å²) in [6, 6.07) is 8.28. The van der Waals surface area contributed by atoms with Gasteiger partial charge in [0.25, 0.3) is 5.91 Å². The molecular weight excluding hydrogens is 459 g/mol. The number of likely N-dealkylation sites (N-methyl/N-ethyl adjacent to an activating group) is 1. The number of methoxy groups -OCH3 is 1. The predicted molar refractivity (Wildman–Crippen MR) is 123 cm³/mol. The van der Waals surface area contributed by atoms with Crippen LogP contribution >= 0.6 is 0 Å². The van der Waals surface area contributed by atoms with Gasteiger partial charge in [-0.3, -0.25) is 10.1 Å². The van der Waals surface area contributed by atoms with Crippen molar-refractivity contribution in [3.05, 3.63) is 76.5 Å². The second kappa shape index (κ2) is 8.37. The van der Waals surface area contributed by atoms with E-state index >= 15 is 0 Å². The second-order valence-electron chi connectivity index (χ2n) is 9.64. The zero-order valence-corrected chi connectivity index (χ0v) is 20.0. The lowest BCUT2D eigenvalue weighted by atomic mass is 10.1. The fourth-order valence-electron chi connectivity index (χ4n) is 5.12. The normalized spacial score (nSPS) is 22.9. The first-order chi connectivity index (χ1) is 16.6. The van der Waals surface area contributed by atoms with Gasteiger partial charge < -0.3 is 24.8 Å². The average Bonchev–Trinajstić information content (AvgIpc) is 3.34. The molecule has 0 bridgehead atoms. The number of amides is 1. The number of nitrogens with one attached hydrogen (secondary N) is 2. The van der Waals surface area contributed by atoms with E-state index in [0.717, 1.165) is 12.1 Å². The van der Waals surface area contributed by atoms with Crippen LogP contribution in [-0.2, 0) is 11.3 Å². The van der Waals surface area contributed by atoms with Crippen LogP contribution in [0.15, 0.2) is 47.9 Å². The average molecular weight is 488 g/mol. The molecule has 3 aliphatic heterocycles. The topological polar surface area (TPSA) is 60.1 Å². The van der Waals surface area contributed by atoms with Crippen molar-refractivity contribution < 1.29 is 22.7 Å². The molecule has 0 aliphatic carbocycles. The highest BCUT2D eigenvalue weighted by Gasteiger charge is 2.52. The van der Waals surface area contributed by atoms with Crippen molar-refractivity contribution in [2.45, 2.75) is 45.3 Å². The van der Waals surface area contributed by atoms with Gasteiger partial charge in [0, 0.05) is 25.2 Å². The monoisotopic (exact) mass is 487 g/mol. The third-order valence-corrected chi connectivity index (χ3v) is 6.68. The summed E-state index contributed by atoms with van der Waals surface area (Å²) in [5.74, 6) is -1.79. The molecular formula is C25H28F3N5O2. The quantitative estimate of drug-likeness (QED) is 0.676. The largest absolute Gasteiger partial charge is 0.494 e. The summed E-state index contributed by atoms with van der Waals surface area (Å²) in [6.45, 7) is 7.36. The number of carbonyl (C=O) groups is 1. The van der Waals surface area contributed by atoms with Crippen LogP contribution in [0.3, 0.4) is 0 Å². The molecule has 1 fully saturated rings. The Hall–Kier alpha value is -3.40. The Balaban J connectivity index is 1.62. The molecule has 2 aromatic rings. The fraction of sp³-hybridized carbons (Fsp3) is 0.400. The number of hydrogen-bond donors (Lipinski definition) is 2. The van der Waals surface area contributed by atoms with Crippen molar-refractivity contribution in [2.75, 3.05) is 20.2 Å². The Morgan fingerprint density at radius 2 is 1.80 bits per heavy atom. The number of hydrogen-bond acceptors (Lipinski definition) is 6. The van der Waals surface area contributed by atoms with Crippen molar-refractivity contribution in [1.29, 1.82) is 0 Å². The van der Waals surface area contributed by atoms with Crippen LogP contribution in [0.4, 0.5) is 13.2 Å². The number of rotatable bonds is 5. The van der Waals surface area contributed by atoms with E-state index in [1.807, 2.05) is 11.8 Å². The van der Waals surface area contributed by atoms with Gasteiger partial charge in [-0.15, -0.1) is 0 Å². The zero-order chi connectivity index (χ0) is 25.1. The maximum atomic E-state index is 14.2. The highest BCUT2D eigenvalue weighted by Crippen LogP contribution is 2.42. The third-order valence-electron chi connectivity index (χ3n) is 6.68. The van der Waals surface area contributed by atoms with Crippen LogP contribution in [0.5, 0.6) is 5.75 Å². The van der Waals surface area contributed by atoms with Gasteiger partial charge in [0.15, 0.2) is 29.5 Å². The van der Waals surface area contributed by atoms with Gasteiger partial charge >= 0.3 is 0 Å². The van der Waals surface area contributed by atoms with E-state index in [4.69, 9.17) is 4.74 Å². The van der Waals surface area contributed by atoms with Crippen molar-refractivity contribution in [2.24, 2.45) is 0 Å². The van der Waals surface area contributed by atoms with Gasteiger partial charge in [0.2, 0.25) is 0 Å².